The van der Waals surface area contributed by atoms with Crippen LogP contribution in [0, 0.1) is 13.8 Å². The quantitative estimate of drug-likeness (QED) is 0.896. The van der Waals surface area contributed by atoms with Crippen LogP contribution in [-0.4, -0.2) is 18.2 Å². The van der Waals surface area contributed by atoms with Gasteiger partial charge in [-0.15, -0.1) is 0 Å². The molecule has 0 fully saturated rings. The first-order valence-corrected chi connectivity index (χ1v) is 5.98. The Morgan fingerprint density at radius 2 is 2.18 bits per heavy atom. The second kappa shape index (κ2) is 5.51. The zero-order valence-corrected chi connectivity index (χ0v) is 11.7. The molecule has 0 saturated carbocycles. The van der Waals surface area contributed by atoms with Gasteiger partial charge >= 0.3 is 5.97 Å². The number of aryl methyl sites for hydroxylation is 1. The first-order valence-electron chi connectivity index (χ1n) is 5.19. The van der Waals surface area contributed by atoms with Gasteiger partial charge < -0.3 is 15.6 Å². The molecule has 1 aromatic rings. The zero-order valence-electron chi connectivity index (χ0n) is 10.1. The van der Waals surface area contributed by atoms with E-state index in [2.05, 4.69) is 15.9 Å². The van der Waals surface area contributed by atoms with Crippen LogP contribution in [0.5, 0.6) is 5.75 Å². The largest absolute Gasteiger partial charge is 0.496 e. The lowest BCUT2D eigenvalue weighted by Crippen LogP contribution is -2.17. The summed E-state index contributed by atoms with van der Waals surface area (Å²) in [6.45, 7) is 3.82. The average Bonchev–Trinajstić information content (AvgIpc) is 2.15. The van der Waals surface area contributed by atoms with Crippen LogP contribution in [0.1, 0.15) is 29.2 Å². The predicted octanol–water partition coefficient (Wildman–Crippen LogP) is 2.55. The number of nitrogens with two attached hydrogens (primary N) is 1. The maximum atomic E-state index is 10.7. The van der Waals surface area contributed by atoms with E-state index in [1.807, 2.05) is 19.9 Å². The molecule has 17 heavy (non-hydrogen) atoms. The lowest BCUT2D eigenvalue weighted by atomic mass is 9.96. The van der Waals surface area contributed by atoms with Crippen molar-refractivity contribution >= 4 is 21.9 Å². The molecule has 4 nitrogen and oxygen atoms in total. The molecule has 94 valence electrons. The van der Waals surface area contributed by atoms with E-state index < -0.39 is 12.0 Å². The van der Waals surface area contributed by atoms with Crippen LogP contribution >= 0.6 is 15.9 Å². The van der Waals surface area contributed by atoms with Gasteiger partial charge in [0.1, 0.15) is 5.75 Å². The van der Waals surface area contributed by atoms with Crippen LogP contribution in [0.2, 0.25) is 0 Å². The number of methoxy groups -OCH3 is 1. The maximum Gasteiger partial charge on any atom is 0.305 e. The zero-order chi connectivity index (χ0) is 13.2. The molecule has 0 aromatic heterocycles. The summed E-state index contributed by atoms with van der Waals surface area (Å²) in [5, 5.41) is 8.78. The van der Waals surface area contributed by atoms with E-state index in [0.29, 0.717) is 0 Å². The highest BCUT2D eigenvalue weighted by molar-refractivity contribution is 9.10. The third-order valence-electron chi connectivity index (χ3n) is 2.67. The van der Waals surface area contributed by atoms with Crippen molar-refractivity contribution in [3.8, 4) is 5.75 Å². The molecule has 3 N–H and O–H groups in total. The SMILES string of the molecule is COc1c(C)cc(Br)c(C(N)CC(=O)O)c1C. The molecule has 5 heteroatoms. The fourth-order valence-electron chi connectivity index (χ4n) is 1.99. The molecule has 0 radical (unpaired) electrons. The number of benzene rings is 1. The maximum absolute atomic E-state index is 10.7. The lowest BCUT2D eigenvalue weighted by Gasteiger charge is -2.19. The Labute approximate surface area is 109 Å². The van der Waals surface area contributed by atoms with Gasteiger partial charge in [-0.3, -0.25) is 4.79 Å². The van der Waals surface area contributed by atoms with Crippen molar-refractivity contribution in [1.29, 1.82) is 0 Å². The monoisotopic (exact) mass is 301 g/mol. The van der Waals surface area contributed by atoms with Crippen molar-refractivity contribution in [2.45, 2.75) is 26.3 Å². The lowest BCUT2D eigenvalue weighted by molar-refractivity contribution is -0.137. The Bertz CT molecular complexity index is 446. The number of halogens is 1. The Kier molecular flexibility index (Phi) is 4.54. The molecule has 0 aliphatic heterocycles. The highest BCUT2D eigenvalue weighted by Crippen LogP contribution is 2.35. The van der Waals surface area contributed by atoms with Crippen LogP contribution in [-0.2, 0) is 4.79 Å². The highest BCUT2D eigenvalue weighted by Gasteiger charge is 2.19. The van der Waals surface area contributed by atoms with Crippen molar-refractivity contribution in [2.75, 3.05) is 7.11 Å². The van der Waals surface area contributed by atoms with Crippen molar-refractivity contribution in [2.24, 2.45) is 5.73 Å². The molecule has 0 spiro atoms. The highest BCUT2D eigenvalue weighted by atomic mass is 79.9. The Morgan fingerprint density at radius 1 is 1.59 bits per heavy atom. The second-order valence-electron chi connectivity index (χ2n) is 3.95. The summed E-state index contributed by atoms with van der Waals surface area (Å²) in [6.07, 6.45) is -0.106. The third kappa shape index (κ3) is 2.98. The first kappa shape index (κ1) is 14.0. The van der Waals surface area contributed by atoms with Crippen molar-refractivity contribution < 1.29 is 14.6 Å². The van der Waals surface area contributed by atoms with Gasteiger partial charge in [0.05, 0.1) is 13.5 Å². The fraction of sp³-hybridized carbons (Fsp3) is 0.417. The molecule has 0 heterocycles. The van der Waals surface area contributed by atoms with Crippen LogP contribution in [0.3, 0.4) is 0 Å². The number of carbonyl (C=O) groups is 1. The van der Waals surface area contributed by atoms with E-state index in [4.69, 9.17) is 15.6 Å². The topological polar surface area (TPSA) is 72.5 Å². The number of carboxylic acids is 1. The minimum Gasteiger partial charge on any atom is -0.496 e. The summed E-state index contributed by atoms with van der Waals surface area (Å²) in [7, 11) is 1.59. The smallest absolute Gasteiger partial charge is 0.305 e. The minimum absolute atomic E-state index is 0.106. The summed E-state index contributed by atoms with van der Waals surface area (Å²) in [5.74, 6) is -0.160. The number of carboxylic acid groups (broad SMARTS) is 1. The van der Waals surface area contributed by atoms with Crippen LogP contribution in [0.15, 0.2) is 10.5 Å². The van der Waals surface area contributed by atoms with Gasteiger partial charge in [0.25, 0.3) is 0 Å². The predicted molar refractivity (Wildman–Crippen MR) is 69.3 cm³/mol. The van der Waals surface area contributed by atoms with E-state index in [1.54, 1.807) is 7.11 Å². The molecule has 0 amide bonds. The van der Waals surface area contributed by atoms with E-state index in [-0.39, 0.29) is 6.42 Å². The molecule has 1 rings (SSSR count). The number of aliphatic carboxylic acids is 1. The minimum atomic E-state index is -0.914. The van der Waals surface area contributed by atoms with Gasteiger partial charge in [-0.2, -0.15) is 0 Å². The van der Waals surface area contributed by atoms with Crippen LogP contribution in [0.25, 0.3) is 0 Å². The second-order valence-corrected chi connectivity index (χ2v) is 4.81. The van der Waals surface area contributed by atoms with Gasteiger partial charge in [0, 0.05) is 10.5 Å². The van der Waals surface area contributed by atoms with Crippen molar-refractivity contribution in [1.82, 2.24) is 0 Å². The summed E-state index contributed by atoms with van der Waals surface area (Å²) in [4.78, 5) is 10.7. The molecule has 0 aliphatic carbocycles. The molecule has 1 unspecified atom stereocenters. The third-order valence-corrected chi connectivity index (χ3v) is 3.33. The average molecular weight is 302 g/mol. The summed E-state index contributed by atoms with van der Waals surface area (Å²) in [5.41, 5.74) is 8.56. The fourth-order valence-corrected chi connectivity index (χ4v) is 2.92. The van der Waals surface area contributed by atoms with E-state index in [0.717, 1.165) is 26.9 Å². The van der Waals surface area contributed by atoms with E-state index in [1.165, 1.54) is 0 Å². The number of hydrogen-bond donors (Lipinski definition) is 2. The van der Waals surface area contributed by atoms with Gasteiger partial charge in [0.2, 0.25) is 0 Å². The number of ether oxygens (including phenoxy) is 1. The van der Waals surface area contributed by atoms with Gasteiger partial charge in [-0.1, -0.05) is 15.9 Å². The molecule has 0 bridgehead atoms. The molecular formula is C12H16BrNO3. The van der Waals surface area contributed by atoms with Crippen LogP contribution < -0.4 is 10.5 Å². The summed E-state index contributed by atoms with van der Waals surface area (Å²) in [6, 6.07) is 1.35. The van der Waals surface area contributed by atoms with E-state index in [9.17, 15) is 4.79 Å². The number of rotatable bonds is 4. The van der Waals surface area contributed by atoms with Crippen molar-refractivity contribution in [3.63, 3.8) is 0 Å². The normalized spacial score (nSPS) is 12.3. The number of hydrogen-bond acceptors (Lipinski definition) is 3. The molecule has 1 aromatic carbocycles. The van der Waals surface area contributed by atoms with Gasteiger partial charge in [-0.25, -0.2) is 0 Å². The molecule has 0 aliphatic rings. The summed E-state index contributed by atoms with van der Waals surface area (Å²) >= 11 is 3.42. The van der Waals surface area contributed by atoms with Gasteiger partial charge in [0.15, 0.2) is 0 Å². The summed E-state index contributed by atoms with van der Waals surface area (Å²) < 4.78 is 6.12. The Balaban J connectivity index is 3.28. The van der Waals surface area contributed by atoms with E-state index >= 15 is 0 Å². The Morgan fingerprint density at radius 3 is 2.65 bits per heavy atom. The molecule has 1 atom stereocenters. The Hall–Kier alpha value is -1.07. The van der Waals surface area contributed by atoms with Gasteiger partial charge in [-0.05, 0) is 36.6 Å². The van der Waals surface area contributed by atoms with Crippen molar-refractivity contribution in [3.05, 3.63) is 27.2 Å². The van der Waals surface area contributed by atoms with Crippen LogP contribution in [0.4, 0.5) is 0 Å². The standard InChI is InChI=1S/C12H16BrNO3/c1-6-4-8(13)11(7(2)12(6)17-3)9(14)5-10(15)16/h4,9H,5,14H2,1-3H3,(H,15,16). The first-order chi connectivity index (χ1) is 7.88. The molecule has 0 saturated heterocycles. The molecular weight excluding hydrogens is 286 g/mol.